The van der Waals surface area contributed by atoms with E-state index < -0.39 is 0 Å². The van der Waals surface area contributed by atoms with E-state index in [0.717, 1.165) is 6.42 Å². The molecule has 86 valence electrons. The standard InChI is InChI=1S/C17H18/c1-3-13-8-4-5-11-16-15-10-7-6-9-14(15)12(2)17(13)16/h3,5-6,8-9,11-12H,1,4,7,10H2,2H3. The summed E-state index contributed by atoms with van der Waals surface area (Å²) in [7, 11) is 0. The Kier molecular flexibility index (Phi) is 2.51. The molecule has 0 aliphatic heterocycles. The minimum absolute atomic E-state index is 0.531. The number of allylic oxidation sites excluding steroid dienone is 11. The molecule has 0 aromatic heterocycles. The van der Waals surface area contributed by atoms with Gasteiger partial charge in [0, 0.05) is 5.92 Å². The normalized spacial score (nSPS) is 26.6. The molecule has 0 amide bonds. The lowest BCUT2D eigenvalue weighted by atomic mass is 9.90. The predicted octanol–water partition coefficient (Wildman–Crippen LogP) is 4.65. The lowest BCUT2D eigenvalue weighted by Crippen LogP contribution is -2.00. The van der Waals surface area contributed by atoms with Crippen molar-refractivity contribution in [1.29, 1.82) is 0 Å². The van der Waals surface area contributed by atoms with Crippen LogP contribution in [0.4, 0.5) is 0 Å². The van der Waals surface area contributed by atoms with Crippen molar-refractivity contribution in [1.82, 2.24) is 0 Å². The van der Waals surface area contributed by atoms with Crippen molar-refractivity contribution in [2.45, 2.75) is 26.2 Å². The first-order valence-corrected chi connectivity index (χ1v) is 6.46. The van der Waals surface area contributed by atoms with Gasteiger partial charge >= 0.3 is 0 Å². The second-order valence-corrected chi connectivity index (χ2v) is 4.93. The first-order chi connectivity index (χ1) is 8.33. The van der Waals surface area contributed by atoms with Crippen molar-refractivity contribution in [3.8, 4) is 0 Å². The molecular formula is C17H18. The van der Waals surface area contributed by atoms with Crippen LogP contribution in [0.5, 0.6) is 0 Å². The van der Waals surface area contributed by atoms with Crippen molar-refractivity contribution >= 4 is 0 Å². The molecule has 17 heavy (non-hydrogen) atoms. The summed E-state index contributed by atoms with van der Waals surface area (Å²) in [6, 6.07) is 0. The molecule has 0 aromatic rings. The Balaban J connectivity index is 2.17. The van der Waals surface area contributed by atoms with Crippen LogP contribution in [0.1, 0.15) is 26.2 Å². The highest BCUT2D eigenvalue weighted by Crippen LogP contribution is 2.46. The van der Waals surface area contributed by atoms with E-state index in [1.54, 1.807) is 5.57 Å². The fraction of sp³-hybridized carbons (Fsp3) is 0.294. The maximum atomic E-state index is 3.97. The Hall–Kier alpha value is -1.56. The highest BCUT2D eigenvalue weighted by molar-refractivity contribution is 5.66. The third kappa shape index (κ3) is 1.51. The monoisotopic (exact) mass is 222 g/mol. The SMILES string of the molecule is C=CC1=CCC=CC2=C1C(C)C1=C2CCC=C1. The molecule has 0 fully saturated rings. The number of fused-ring (bicyclic) bond motifs is 1. The number of hydrogen-bond acceptors (Lipinski definition) is 0. The van der Waals surface area contributed by atoms with E-state index in [9.17, 15) is 0 Å². The lowest BCUT2D eigenvalue weighted by Gasteiger charge is -2.14. The van der Waals surface area contributed by atoms with Gasteiger partial charge in [-0.3, -0.25) is 0 Å². The summed E-state index contributed by atoms with van der Waals surface area (Å²) in [5.74, 6) is 0.531. The second kappa shape index (κ2) is 4.03. The zero-order valence-corrected chi connectivity index (χ0v) is 10.4. The molecule has 0 saturated heterocycles. The van der Waals surface area contributed by atoms with Crippen LogP contribution < -0.4 is 0 Å². The zero-order valence-electron chi connectivity index (χ0n) is 10.4. The molecule has 1 unspecified atom stereocenters. The van der Waals surface area contributed by atoms with E-state index in [1.165, 1.54) is 35.1 Å². The van der Waals surface area contributed by atoms with Crippen molar-refractivity contribution in [2.75, 3.05) is 0 Å². The molecule has 3 rings (SSSR count). The Morgan fingerprint density at radius 2 is 2.18 bits per heavy atom. The first kappa shape index (κ1) is 10.6. The van der Waals surface area contributed by atoms with Gasteiger partial charge in [0.1, 0.15) is 0 Å². The average Bonchev–Trinajstić information content (AvgIpc) is 2.55. The molecule has 0 heterocycles. The van der Waals surface area contributed by atoms with Crippen LogP contribution in [-0.4, -0.2) is 0 Å². The highest BCUT2D eigenvalue weighted by Gasteiger charge is 2.30. The summed E-state index contributed by atoms with van der Waals surface area (Å²) >= 11 is 0. The molecule has 0 nitrogen and oxygen atoms in total. The van der Waals surface area contributed by atoms with Gasteiger partial charge in [0.25, 0.3) is 0 Å². The molecule has 0 saturated carbocycles. The van der Waals surface area contributed by atoms with Crippen LogP contribution in [0.3, 0.4) is 0 Å². The van der Waals surface area contributed by atoms with E-state index in [2.05, 4.69) is 43.9 Å². The summed E-state index contributed by atoms with van der Waals surface area (Å²) in [6.07, 6.45) is 16.9. The quantitative estimate of drug-likeness (QED) is 0.605. The van der Waals surface area contributed by atoms with E-state index in [1.807, 2.05) is 6.08 Å². The Morgan fingerprint density at radius 3 is 3.00 bits per heavy atom. The van der Waals surface area contributed by atoms with Gasteiger partial charge in [-0.15, -0.1) is 0 Å². The summed E-state index contributed by atoms with van der Waals surface area (Å²) in [5.41, 5.74) is 7.40. The summed E-state index contributed by atoms with van der Waals surface area (Å²) in [5, 5.41) is 0. The Labute approximate surface area is 103 Å². The summed E-state index contributed by atoms with van der Waals surface area (Å²) in [6.45, 7) is 6.29. The Morgan fingerprint density at radius 1 is 1.29 bits per heavy atom. The van der Waals surface area contributed by atoms with E-state index in [0.29, 0.717) is 5.92 Å². The van der Waals surface area contributed by atoms with Gasteiger partial charge in [0.05, 0.1) is 0 Å². The van der Waals surface area contributed by atoms with Crippen LogP contribution in [0.25, 0.3) is 0 Å². The van der Waals surface area contributed by atoms with Gasteiger partial charge in [0.15, 0.2) is 0 Å². The smallest absolute Gasteiger partial charge is 0.00756 e. The van der Waals surface area contributed by atoms with Crippen LogP contribution >= 0.6 is 0 Å². The molecule has 3 aliphatic rings. The molecule has 0 spiro atoms. The number of hydrogen-bond donors (Lipinski definition) is 0. The van der Waals surface area contributed by atoms with Crippen molar-refractivity contribution in [2.24, 2.45) is 5.92 Å². The maximum Gasteiger partial charge on any atom is 0.00756 e. The van der Waals surface area contributed by atoms with Gasteiger partial charge in [-0.1, -0.05) is 50.0 Å². The van der Waals surface area contributed by atoms with Gasteiger partial charge in [-0.05, 0) is 47.1 Å². The van der Waals surface area contributed by atoms with Crippen molar-refractivity contribution in [3.63, 3.8) is 0 Å². The summed E-state index contributed by atoms with van der Waals surface area (Å²) in [4.78, 5) is 0. The Bertz CT molecular complexity index is 518. The molecule has 0 radical (unpaired) electrons. The third-order valence-electron chi connectivity index (χ3n) is 4.01. The minimum Gasteiger partial charge on any atom is -0.0985 e. The van der Waals surface area contributed by atoms with Gasteiger partial charge < -0.3 is 0 Å². The largest absolute Gasteiger partial charge is 0.0985 e. The molecule has 1 atom stereocenters. The fourth-order valence-electron chi connectivity index (χ4n) is 3.21. The molecule has 3 aliphatic carbocycles. The van der Waals surface area contributed by atoms with Gasteiger partial charge in [0.2, 0.25) is 0 Å². The van der Waals surface area contributed by atoms with Crippen LogP contribution in [0, 0.1) is 5.92 Å². The first-order valence-electron chi connectivity index (χ1n) is 6.46. The van der Waals surface area contributed by atoms with E-state index in [4.69, 9.17) is 0 Å². The topological polar surface area (TPSA) is 0 Å². The predicted molar refractivity (Wildman–Crippen MR) is 73.6 cm³/mol. The van der Waals surface area contributed by atoms with Crippen molar-refractivity contribution < 1.29 is 0 Å². The molecule has 0 aromatic carbocycles. The molecule has 0 bridgehead atoms. The minimum atomic E-state index is 0.531. The third-order valence-corrected chi connectivity index (χ3v) is 4.01. The van der Waals surface area contributed by atoms with E-state index >= 15 is 0 Å². The zero-order chi connectivity index (χ0) is 11.8. The molecule has 0 heteroatoms. The highest BCUT2D eigenvalue weighted by atomic mass is 14.3. The lowest BCUT2D eigenvalue weighted by molar-refractivity contribution is 0.834. The van der Waals surface area contributed by atoms with Crippen molar-refractivity contribution in [3.05, 3.63) is 70.9 Å². The molecular weight excluding hydrogens is 204 g/mol. The van der Waals surface area contributed by atoms with Crippen LogP contribution in [0.2, 0.25) is 0 Å². The average molecular weight is 222 g/mol. The van der Waals surface area contributed by atoms with Gasteiger partial charge in [-0.2, -0.15) is 0 Å². The molecule has 0 N–H and O–H groups in total. The van der Waals surface area contributed by atoms with Crippen LogP contribution in [-0.2, 0) is 0 Å². The summed E-state index contributed by atoms with van der Waals surface area (Å²) < 4.78 is 0. The fourth-order valence-corrected chi connectivity index (χ4v) is 3.21. The van der Waals surface area contributed by atoms with Crippen LogP contribution in [0.15, 0.2) is 70.9 Å². The van der Waals surface area contributed by atoms with Gasteiger partial charge in [-0.25, -0.2) is 0 Å². The second-order valence-electron chi connectivity index (χ2n) is 4.93. The number of rotatable bonds is 1. The van der Waals surface area contributed by atoms with E-state index in [-0.39, 0.29) is 0 Å². The maximum absolute atomic E-state index is 3.97.